The first-order chi connectivity index (χ1) is 10.7. The van der Waals surface area contributed by atoms with Crippen molar-refractivity contribution in [3.05, 3.63) is 41.4 Å². The Labute approximate surface area is 132 Å². The minimum atomic E-state index is 0.385. The van der Waals surface area contributed by atoms with Crippen molar-refractivity contribution in [2.75, 3.05) is 19.5 Å². The van der Waals surface area contributed by atoms with E-state index in [1.54, 1.807) is 26.6 Å². The summed E-state index contributed by atoms with van der Waals surface area (Å²) in [5.41, 5.74) is 1.69. The van der Waals surface area contributed by atoms with Gasteiger partial charge in [0.1, 0.15) is 5.82 Å². The Balaban J connectivity index is 2.18. The van der Waals surface area contributed by atoms with Gasteiger partial charge in [-0.2, -0.15) is 0 Å². The average Bonchev–Trinajstić information content (AvgIpc) is 2.54. The van der Waals surface area contributed by atoms with Crippen LogP contribution in [-0.2, 0) is 0 Å². The van der Waals surface area contributed by atoms with E-state index in [9.17, 15) is 0 Å². The number of nitrogens with zero attached hydrogens (tertiary/aromatic N) is 2. The molecule has 112 valence electrons. The Hall–Kier alpha value is -2.67. The first kappa shape index (κ1) is 14.3. The zero-order valence-corrected chi connectivity index (χ0v) is 12.9. The first-order valence-corrected chi connectivity index (χ1v) is 6.95. The minimum absolute atomic E-state index is 0.385. The molecule has 0 saturated carbocycles. The van der Waals surface area contributed by atoms with Gasteiger partial charge in [0.05, 0.1) is 19.7 Å². The van der Waals surface area contributed by atoms with Crippen LogP contribution in [0.2, 0.25) is 0 Å². The second-order valence-electron chi connectivity index (χ2n) is 4.50. The van der Waals surface area contributed by atoms with Gasteiger partial charge in [0.25, 0.3) is 0 Å². The van der Waals surface area contributed by atoms with Gasteiger partial charge >= 0.3 is 0 Å². The molecule has 0 spiro atoms. The molecule has 3 aromatic rings. The maximum atomic E-state index is 5.35. The molecule has 2 N–H and O–H groups in total. The number of benzene rings is 1. The molecule has 0 amide bonds. The van der Waals surface area contributed by atoms with E-state index in [2.05, 4.69) is 20.3 Å². The number of nitrogens with one attached hydrogen (secondary N) is 2. The second kappa shape index (κ2) is 5.98. The van der Waals surface area contributed by atoms with Gasteiger partial charge in [-0.15, -0.1) is 0 Å². The molecular formula is C15H14N4O2S. The summed E-state index contributed by atoms with van der Waals surface area (Å²) in [6.07, 6.45) is 3.41. The van der Waals surface area contributed by atoms with Crippen LogP contribution in [0.15, 0.2) is 36.7 Å². The fraction of sp³-hybridized carbons (Fsp3) is 0.133. The van der Waals surface area contributed by atoms with Crippen molar-refractivity contribution in [1.29, 1.82) is 0 Å². The van der Waals surface area contributed by atoms with E-state index in [1.807, 2.05) is 24.3 Å². The Morgan fingerprint density at radius 2 is 1.77 bits per heavy atom. The molecule has 0 saturated heterocycles. The van der Waals surface area contributed by atoms with Crippen LogP contribution in [0, 0.1) is 4.77 Å². The summed E-state index contributed by atoms with van der Waals surface area (Å²) in [5, 5.41) is 4.09. The molecule has 0 aliphatic rings. The van der Waals surface area contributed by atoms with E-state index >= 15 is 0 Å². The van der Waals surface area contributed by atoms with Crippen LogP contribution >= 0.6 is 12.2 Å². The molecule has 6 nitrogen and oxygen atoms in total. The third kappa shape index (κ3) is 2.71. The topological polar surface area (TPSA) is 72.1 Å². The van der Waals surface area contributed by atoms with Crippen molar-refractivity contribution in [3.8, 4) is 11.5 Å². The van der Waals surface area contributed by atoms with E-state index < -0.39 is 0 Å². The van der Waals surface area contributed by atoms with Gasteiger partial charge in [0, 0.05) is 29.5 Å². The number of hydrogen-bond acceptors (Lipinski definition) is 6. The van der Waals surface area contributed by atoms with E-state index in [4.69, 9.17) is 21.7 Å². The van der Waals surface area contributed by atoms with Crippen molar-refractivity contribution >= 4 is 34.6 Å². The number of hydrogen-bond donors (Lipinski definition) is 2. The largest absolute Gasteiger partial charge is 0.493 e. The highest BCUT2D eigenvalue weighted by Crippen LogP contribution is 2.34. The van der Waals surface area contributed by atoms with E-state index in [0.29, 0.717) is 22.1 Å². The molecule has 0 unspecified atom stereocenters. The maximum Gasteiger partial charge on any atom is 0.199 e. The van der Waals surface area contributed by atoms with Gasteiger partial charge in [0.15, 0.2) is 16.3 Å². The third-order valence-corrected chi connectivity index (χ3v) is 3.37. The molecule has 0 fully saturated rings. The van der Waals surface area contributed by atoms with Gasteiger partial charge in [-0.1, -0.05) is 0 Å². The smallest absolute Gasteiger partial charge is 0.199 e. The fourth-order valence-electron chi connectivity index (χ4n) is 2.15. The van der Waals surface area contributed by atoms with Crippen LogP contribution in [0.3, 0.4) is 0 Å². The lowest BCUT2D eigenvalue weighted by Crippen LogP contribution is -1.99. The van der Waals surface area contributed by atoms with Crippen LogP contribution in [-0.4, -0.2) is 29.2 Å². The molecule has 0 atom stereocenters. The number of rotatable bonds is 4. The number of methoxy groups -OCH3 is 2. The quantitative estimate of drug-likeness (QED) is 0.719. The molecule has 0 aliphatic carbocycles. The van der Waals surface area contributed by atoms with E-state index in [-0.39, 0.29) is 0 Å². The Bertz CT molecular complexity index is 865. The van der Waals surface area contributed by atoms with E-state index in [1.165, 1.54) is 0 Å². The lowest BCUT2D eigenvalue weighted by atomic mass is 10.2. The highest BCUT2D eigenvalue weighted by atomic mass is 32.1. The number of ether oxygens (including phenoxy) is 2. The van der Waals surface area contributed by atoms with Gasteiger partial charge in [0.2, 0.25) is 0 Å². The van der Waals surface area contributed by atoms with Crippen molar-refractivity contribution in [1.82, 2.24) is 15.0 Å². The van der Waals surface area contributed by atoms with Gasteiger partial charge in [-0.05, 0) is 30.4 Å². The number of pyridine rings is 1. The van der Waals surface area contributed by atoms with Crippen LogP contribution < -0.4 is 14.8 Å². The zero-order chi connectivity index (χ0) is 15.5. The molecular weight excluding hydrogens is 300 g/mol. The first-order valence-electron chi connectivity index (χ1n) is 6.54. The predicted octanol–water partition coefficient (Wildman–Crippen LogP) is 3.45. The third-order valence-electron chi connectivity index (χ3n) is 3.18. The summed E-state index contributed by atoms with van der Waals surface area (Å²) < 4.78 is 11.0. The predicted molar refractivity (Wildman–Crippen MR) is 87.6 cm³/mol. The zero-order valence-electron chi connectivity index (χ0n) is 12.1. The molecule has 0 bridgehead atoms. The molecule has 22 heavy (non-hydrogen) atoms. The SMILES string of the molecule is COc1cc2[nH]c(=S)nc(Nc3ccncc3)c2cc1OC. The van der Waals surface area contributed by atoms with Crippen molar-refractivity contribution in [3.63, 3.8) is 0 Å². The van der Waals surface area contributed by atoms with Crippen LogP contribution in [0.25, 0.3) is 10.9 Å². The Kier molecular flexibility index (Phi) is 3.88. The minimum Gasteiger partial charge on any atom is -0.493 e. The molecule has 3 rings (SSSR count). The highest BCUT2D eigenvalue weighted by molar-refractivity contribution is 7.71. The number of fused-ring (bicyclic) bond motifs is 1. The number of H-pyrrole nitrogens is 1. The fourth-order valence-corrected chi connectivity index (χ4v) is 2.35. The van der Waals surface area contributed by atoms with Crippen molar-refractivity contribution in [2.24, 2.45) is 0 Å². The molecule has 0 radical (unpaired) electrons. The summed E-state index contributed by atoms with van der Waals surface area (Å²) in [5.74, 6) is 1.90. The van der Waals surface area contributed by atoms with Gasteiger partial charge in [-0.25, -0.2) is 4.98 Å². The summed E-state index contributed by atoms with van der Waals surface area (Å²) in [6.45, 7) is 0. The molecule has 0 aliphatic heterocycles. The molecule has 7 heteroatoms. The van der Waals surface area contributed by atoms with Crippen LogP contribution in [0.1, 0.15) is 0 Å². The number of anilines is 2. The van der Waals surface area contributed by atoms with E-state index in [0.717, 1.165) is 16.6 Å². The second-order valence-corrected chi connectivity index (χ2v) is 4.89. The summed E-state index contributed by atoms with van der Waals surface area (Å²) in [7, 11) is 3.19. The van der Waals surface area contributed by atoms with Crippen LogP contribution in [0.5, 0.6) is 11.5 Å². The Morgan fingerprint density at radius 3 is 2.45 bits per heavy atom. The van der Waals surface area contributed by atoms with Crippen molar-refractivity contribution < 1.29 is 9.47 Å². The molecule has 2 aromatic heterocycles. The summed E-state index contributed by atoms with van der Waals surface area (Å²) in [4.78, 5) is 11.4. The summed E-state index contributed by atoms with van der Waals surface area (Å²) in [6, 6.07) is 7.40. The maximum absolute atomic E-state index is 5.35. The highest BCUT2D eigenvalue weighted by Gasteiger charge is 2.11. The lowest BCUT2D eigenvalue weighted by Gasteiger charge is -2.12. The van der Waals surface area contributed by atoms with Gasteiger partial charge in [-0.3, -0.25) is 4.98 Å². The summed E-state index contributed by atoms with van der Waals surface area (Å²) >= 11 is 5.19. The lowest BCUT2D eigenvalue weighted by molar-refractivity contribution is 0.356. The van der Waals surface area contributed by atoms with Crippen LogP contribution in [0.4, 0.5) is 11.5 Å². The Morgan fingerprint density at radius 1 is 1.09 bits per heavy atom. The van der Waals surface area contributed by atoms with Crippen molar-refractivity contribution in [2.45, 2.75) is 0 Å². The monoisotopic (exact) mass is 314 g/mol. The van der Waals surface area contributed by atoms with Gasteiger partial charge < -0.3 is 19.8 Å². The number of aromatic nitrogens is 3. The standard InChI is InChI=1S/C15H14N4O2S/c1-20-12-7-10-11(8-13(12)21-2)18-15(22)19-14(10)17-9-3-5-16-6-4-9/h3-8H,1-2H3,(H2,16,17,18,19,22). The molecule has 2 heterocycles. The molecule has 1 aromatic carbocycles. The average molecular weight is 314 g/mol. The number of aromatic amines is 1. The normalized spacial score (nSPS) is 10.5.